The fourth-order valence-electron chi connectivity index (χ4n) is 2.57. The van der Waals surface area contributed by atoms with Crippen molar-refractivity contribution in [3.05, 3.63) is 64.1 Å². The van der Waals surface area contributed by atoms with E-state index in [2.05, 4.69) is 9.97 Å². The molecule has 0 saturated carbocycles. The van der Waals surface area contributed by atoms with E-state index < -0.39 is 0 Å². The molecule has 1 aromatic carbocycles. The van der Waals surface area contributed by atoms with Crippen LogP contribution in [0.2, 0.25) is 0 Å². The van der Waals surface area contributed by atoms with Gasteiger partial charge in [-0.2, -0.15) is 0 Å². The molecule has 0 aliphatic heterocycles. The Morgan fingerprint density at radius 2 is 2.00 bits per heavy atom. The van der Waals surface area contributed by atoms with Crippen molar-refractivity contribution in [1.29, 1.82) is 5.41 Å². The molecule has 116 valence electrons. The first kappa shape index (κ1) is 15.4. The van der Waals surface area contributed by atoms with E-state index in [-0.39, 0.29) is 0 Å². The van der Waals surface area contributed by atoms with Crippen molar-refractivity contribution < 1.29 is 0 Å². The summed E-state index contributed by atoms with van der Waals surface area (Å²) >= 11 is 1.50. The maximum absolute atomic E-state index is 8.53. The second-order valence-corrected chi connectivity index (χ2v) is 6.59. The molecule has 0 unspecified atom stereocenters. The Morgan fingerprint density at radius 3 is 2.70 bits per heavy atom. The molecule has 3 rings (SSSR count). The van der Waals surface area contributed by atoms with E-state index in [9.17, 15) is 0 Å². The third-order valence-electron chi connectivity index (χ3n) is 3.73. The largest absolute Gasteiger partial charge is 0.398 e. The number of nitrogens with two attached hydrogens (primary N) is 1. The summed E-state index contributed by atoms with van der Waals surface area (Å²) in [6.07, 6.45) is 3.57. The van der Waals surface area contributed by atoms with Crippen LogP contribution < -0.4 is 5.73 Å². The van der Waals surface area contributed by atoms with Crippen molar-refractivity contribution in [3.63, 3.8) is 0 Å². The lowest BCUT2D eigenvalue weighted by molar-refractivity contribution is 1.23. The van der Waals surface area contributed by atoms with Crippen LogP contribution in [-0.4, -0.2) is 15.7 Å². The lowest BCUT2D eigenvalue weighted by Gasteiger charge is -2.09. The number of aromatic nitrogens is 2. The van der Waals surface area contributed by atoms with Crippen LogP contribution in [0, 0.1) is 26.2 Å². The van der Waals surface area contributed by atoms with Crippen molar-refractivity contribution in [2.24, 2.45) is 0 Å². The van der Waals surface area contributed by atoms with Crippen LogP contribution in [-0.2, 0) is 0 Å². The van der Waals surface area contributed by atoms with Crippen molar-refractivity contribution in [3.8, 4) is 10.4 Å². The summed E-state index contributed by atoms with van der Waals surface area (Å²) in [5.74, 6) is 0. The molecule has 0 saturated heterocycles. The molecule has 0 aliphatic rings. The molecule has 3 aromatic rings. The number of nitrogens with one attached hydrogen (secondary N) is 1. The van der Waals surface area contributed by atoms with E-state index in [1.807, 2.05) is 51.2 Å². The fourth-order valence-corrected chi connectivity index (χ4v) is 3.59. The van der Waals surface area contributed by atoms with E-state index in [0.717, 1.165) is 32.8 Å². The molecule has 23 heavy (non-hydrogen) atoms. The summed E-state index contributed by atoms with van der Waals surface area (Å²) in [6, 6.07) is 7.89. The summed E-state index contributed by atoms with van der Waals surface area (Å²) in [4.78, 5) is 9.77. The average molecular weight is 322 g/mol. The van der Waals surface area contributed by atoms with Gasteiger partial charge in [0.2, 0.25) is 0 Å². The number of rotatable bonds is 3. The van der Waals surface area contributed by atoms with Gasteiger partial charge in [-0.25, -0.2) is 4.98 Å². The first-order valence-corrected chi connectivity index (χ1v) is 8.13. The molecule has 4 nitrogen and oxygen atoms in total. The highest BCUT2D eigenvalue weighted by atomic mass is 32.1. The lowest BCUT2D eigenvalue weighted by Crippen LogP contribution is -2.07. The Labute approximate surface area is 139 Å². The van der Waals surface area contributed by atoms with Gasteiger partial charge in [-0.3, -0.25) is 10.4 Å². The van der Waals surface area contributed by atoms with Crippen LogP contribution in [0.3, 0.4) is 0 Å². The number of anilines is 1. The van der Waals surface area contributed by atoms with Gasteiger partial charge in [0.05, 0.1) is 16.3 Å². The summed E-state index contributed by atoms with van der Waals surface area (Å²) in [5, 5.41) is 9.21. The minimum absolute atomic E-state index is 0.373. The monoisotopic (exact) mass is 322 g/mol. The summed E-state index contributed by atoms with van der Waals surface area (Å²) < 4.78 is 0. The highest BCUT2D eigenvalue weighted by Gasteiger charge is 2.17. The molecule has 5 heteroatoms. The van der Waals surface area contributed by atoms with Crippen molar-refractivity contribution >= 4 is 22.7 Å². The summed E-state index contributed by atoms with van der Waals surface area (Å²) in [5.41, 5.74) is 12.0. The van der Waals surface area contributed by atoms with Crippen molar-refractivity contribution in [2.75, 3.05) is 5.73 Å². The molecule has 0 radical (unpaired) electrons. The van der Waals surface area contributed by atoms with Gasteiger partial charge in [-0.15, -0.1) is 11.3 Å². The molecule has 0 aliphatic carbocycles. The van der Waals surface area contributed by atoms with Crippen LogP contribution in [0.1, 0.15) is 27.4 Å². The standard InChI is InChI=1S/C18H18N4S/c1-10-7-11(2)15(19)14(8-10)16(20)18-22-12(3)17(23-18)13-5-4-6-21-9-13/h4-9,20H,19H2,1-3H3. The van der Waals surface area contributed by atoms with Crippen molar-refractivity contribution in [2.45, 2.75) is 20.8 Å². The number of aryl methyl sites for hydroxylation is 3. The van der Waals surface area contributed by atoms with Gasteiger partial charge in [-0.05, 0) is 38.5 Å². The Bertz CT molecular complexity index is 882. The second kappa shape index (κ2) is 5.93. The van der Waals surface area contributed by atoms with Gasteiger partial charge in [-0.1, -0.05) is 17.7 Å². The predicted octanol–water partition coefficient (Wildman–Crippen LogP) is 4.13. The van der Waals surface area contributed by atoms with Crippen LogP contribution in [0.4, 0.5) is 5.69 Å². The average Bonchev–Trinajstić information content (AvgIpc) is 2.93. The predicted molar refractivity (Wildman–Crippen MR) is 96.3 cm³/mol. The first-order chi connectivity index (χ1) is 11.0. The normalized spacial score (nSPS) is 10.7. The molecular weight excluding hydrogens is 304 g/mol. The topological polar surface area (TPSA) is 75.7 Å². The van der Waals surface area contributed by atoms with E-state index in [0.29, 0.717) is 16.4 Å². The quantitative estimate of drug-likeness (QED) is 0.562. The number of pyridine rings is 1. The Morgan fingerprint density at radius 1 is 1.22 bits per heavy atom. The van der Waals surface area contributed by atoms with E-state index in [1.165, 1.54) is 11.3 Å². The smallest absolute Gasteiger partial charge is 0.142 e. The minimum Gasteiger partial charge on any atom is -0.398 e. The van der Waals surface area contributed by atoms with Crippen LogP contribution in [0.5, 0.6) is 0 Å². The number of nitrogens with zero attached hydrogens (tertiary/aromatic N) is 2. The molecule has 0 atom stereocenters. The molecular formula is C18H18N4S. The third-order valence-corrected chi connectivity index (χ3v) is 4.96. The first-order valence-electron chi connectivity index (χ1n) is 7.31. The van der Waals surface area contributed by atoms with Gasteiger partial charge in [0.15, 0.2) is 0 Å². The summed E-state index contributed by atoms with van der Waals surface area (Å²) in [6.45, 7) is 5.94. The highest BCUT2D eigenvalue weighted by Crippen LogP contribution is 2.31. The van der Waals surface area contributed by atoms with E-state index >= 15 is 0 Å². The maximum atomic E-state index is 8.53. The van der Waals surface area contributed by atoms with Gasteiger partial charge in [0, 0.05) is 29.2 Å². The van der Waals surface area contributed by atoms with Gasteiger partial charge < -0.3 is 5.73 Å². The minimum atomic E-state index is 0.373. The van der Waals surface area contributed by atoms with Crippen LogP contribution >= 0.6 is 11.3 Å². The number of thiazole rings is 1. The third kappa shape index (κ3) is 2.87. The number of nitrogen functional groups attached to an aromatic ring is 1. The zero-order valence-electron chi connectivity index (χ0n) is 13.3. The number of hydrogen-bond donors (Lipinski definition) is 2. The Balaban J connectivity index is 2.05. The molecule has 0 amide bonds. The maximum Gasteiger partial charge on any atom is 0.142 e. The molecule has 2 heterocycles. The lowest BCUT2D eigenvalue weighted by atomic mass is 10.0. The van der Waals surface area contributed by atoms with E-state index in [1.54, 1.807) is 6.20 Å². The van der Waals surface area contributed by atoms with Gasteiger partial charge in [0.25, 0.3) is 0 Å². The SMILES string of the molecule is Cc1cc(C)c(N)c(C(=N)c2nc(C)c(-c3cccnc3)s2)c1. The highest BCUT2D eigenvalue weighted by molar-refractivity contribution is 7.17. The van der Waals surface area contributed by atoms with Crippen LogP contribution in [0.15, 0.2) is 36.7 Å². The van der Waals surface area contributed by atoms with Crippen molar-refractivity contribution in [1.82, 2.24) is 9.97 Å². The molecule has 3 N–H and O–H groups in total. The second-order valence-electron chi connectivity index (χ2n) is 5.59. The number of hydrogen-bond acceptors (Lipinski definition) is 5. The fraction of sp³-hybridized carbons (Fsp3) is 0.167. The molecule has 0 bridgehead atoms. The zero-order chi connectivity index (χ0) is 16.6. The molecule has 2 aromatic heterocycles. The Kier molecular flexibility index (Phi) is 3.96. The molecule has 0 fully saturated rings. The van der Waals surface area contributed by atoms with Crippen LogP contribution in [0.25, 0.3) is 10.4 Å². The van der Waals surface area contributed by atoms with Gasteiger partial charge >= 0.3 is 0 Å². The zero-order valence-corrected chi connectivity index (χ0v) is 14.2. The van der Waals surface area contributed by atoms with E-state index in [4.69, 9.17) is 11.1 Å². The number of benzene rings is 1. The van der Waals surface area contributed by atoms with Gasteiger partial charge in [0.1, 0.15) is 5.01 Å². The summed E-state index contributed by atoms with van der Waals surface area (Å²) in [7, 11) is 0. The molecule has 0 spiro atoms. The Hall–Kier alpha value is -2.53.